The van der Waals surface area contributed by atoms with Crippen molar-refractivity contribution in [2.45, 2.75) is 19.3 Å². The number of alkyl halides is 2. The molecule has 0 aliphatic carbocycles. The molecule has 0 saturated heterocycles. The van der Waals surface area contributed by atoms with Crippen molar-refractivity contribution in [2.75, 3.05) is 5.73 Å². The number of amides is 1. The monoisotopic (exact) mass is 402 g/mol. The Kier molecular flexibility index (Phi) is 5.40. The minimum absolute atomic E-state index is 0.109. The number of hydrogen-bond donors (Lipinski definition) is 2. The summed E-state index contributed by atoms with van der Waals surface area (Å²) in [5, 5.41) is 3.94. The van der Waals surface area contributed by atoms with E-state index in [0.717, 1.165) is 22.9 Å². The molecule has 0 bridgehead atoms. The lowest BCUT2D eigenvalue weighted by molar-refractivity contribution is 0.0992. The zero-order valence-corrected chi connectivity index (χ0v) is 15.3. The van der Waals surface area contributed by atoms with Gasteiger partial charge in [0.1, 0.15) is 11.5 Å². The molecule has 4 N–H and O–H groups in total. The second-order valence-corrected chi connectivity index (χ2v) is 6.47. The number of rotatable bonds is 5. The SMILES string of the molecule is C[C@H](c1cc(N)cc(C(F)F)c1)c1cc(=O)n(-c2ccccc2F)nc1C(N)=O. The Hall–Kier alpha value is -3.62. The highest BCUT2D eigenvalue weighted by molar-refractivity contribution is 5.92. The van der Waals surface area contributed by atoms with Crippen LogP contribution < -0.4 is 17.0 Å². The minimum Gasteiger partial charge on any atom is -0.399 e. The molecule has 0 saturated carbocycles. The van der Waals surface area contributed by atoms with Gasteiger partial charge in [-0.05, 0) is 41.5 Å². The third kappa shape index (κ3) is 3.98. The van der Waals surface area contributed by atoms with Gasteiger partial charge in [-0.1, -0.05) is 19.1 Å². The van der Waals surface area contributed by atoms with E-state index in [2.05, 4.69) is 5.10 Å². The molecule has 1 aromatic heterocycles. The number of anilines is 1. The van der Waals surface area contributed by atoms with Gasteiger partial charge in [-0.2, -0.15) is 9.78 Å². The van der Waals surface area contributed by atoms with Crippen LogP contribution in [0.3, 0.4) is 0 Å². The van der Waals surface area contributed by atoms with Crippen LogP contribution in [-0.4, -0.2) is 15.7 Å². The van der Waals surface area contributed by atoms with Crippen LogP contribution in [0.4, 0.5) is 18.9 Å². The van der Waals surface area contributed by atoms with Crippen LogP contribution in [0.25, 0.3) is 5.69 Å². The van der Waals surface area contributed by atoms with Gasteiger partial charge in [-0.25, -0.2) is 13.2 Å². The van der Waals surface area contributed by atoms with Crippen molar-refractivity contribution in [3.8, 4) is 5.69 Å². The quantitative estimate of drug-likeness (QED) is 0.640. The van der Waals surface area contributed by atoms with Crippen molar-refractivity contribution in [2.24, 2.45) is 5.73 Å². The smallest absolute Gasteiger partial charge is 0.271 e. The Balaban J connectivity index is 2.18. The maximum atomic E-state index is 14.1. The van der Waals surface area contributed by atoms with Crippen molar-refractivity contribution in [1.29, 1.82) is 0 Å². The first-order valence-electron chi connectivity index (χ1n) is 8.56. The van der Waals surface area contributed by atoms with Crippen LogP contribution in [-0.2, 0) is 0 Å². The number of nitrogens with two attached hydrogens (primary N) is 2. The molecule has 0 aliphatic rings. The summed E-state index contributed by atoms with van der Waals surface area (Å²) in [6, 6.07) is 10.3. The number of nitrogen functional groups attached to an aromatic ring is 1. The Morgan fingerprint density at radius 1 is 1.10 bits per heavy atom. The van der Waals surface area contributed by atoms with E-state index < -0.39 is 29.6 Å². The molecule has 0 radical (unpaired) electrons. The molecule has 0 aliphatic heterocycles. The molecule has 3 rings (SSSR count). The van der Waals surface area contributed by atoms with Gasteiger partial charge >= 0.3 is 0 Å². The molecule has 1 heterocycles. The Morgan fingerprint density at radius 2 is 1.76 bits per heavy atom. The van der Waals surface area contributed by atoms with Gasteiger partial charge in [0, 0.05) is 23.2 Å². The lowest BCUT2D eigenvalue weighted by Crippen LogP contribution is -2.29. The normalized spacial score (nSPS) is 12.2. The van der Waals surface area contributed by atoms with Crippen molar-refractivity contribution in [3.05, 3.63) is 87.1 Å². The molecule has 9 heteroatoms. The number of benzene rings is 2. The number of halogens is 3. The van der Waals surface area contributed by atoms with E-state index in [-0.39, 0.29) is 28.2 Å². The van der Waals surface area contributed by atoms with Crippen LogP contribution >= 0.6 is 0 Å². The average Bonchev–Trinajstić information content (AvgIpc) is 2.67. The predicted molar refractivity (Wildman–Crippen MR) is 102 cm³/mol. The van der Waals surface area contributed by atoms with Gasteiger partial charge in [0.05, 0.1) is 0 Å². The standard InChI is InChI=1S/C20H17F3N4O2/c1-10(11-6-12(19(22)23)8-13(24)7-11)14-9-17(28)27(26-18(14)20(25)29)16-5-3-2-4-15(16)21/h2-10,19H,24H2,1H3,(H2,25,29)/t10-/m1/s1. The Bertz CT molecular complexity index is 1140. The fraction of sp³-hybridized carbons (Fsp3) is 0.150. The summed E-state index contributed by atoms with van der Waals surface area (Å²) in [7, 11) is 0. The summed E-state index contributed by atoms with van der Waals surface area (Å²) < 4.78 is 41.0. The van der Waals surface area contributed by atoms with Crippen molar-refractivity contribution in [3.63, 3.8) is 0 Å². The highest BCUT2D eigenvalue weighted by Crippen LogP contribution is 2.31. The fourth-order valence-corrected chi connectivity index (χ4v) is 3.05. The molecule has 0 fully saturated rings. The second kappa shape index (κ2) is 7.78. The van der Waals surface area contributed by atoms with Crippen LogP contribution in [0.5, 0.6) is 0 Å². The van der Waals surface area contributed by atoms with E-state index in [1.165, 1.54) is 30.3 Å². The molecule has 1 atom stereocenters. The maximum absolute atomic E-state index is 14.1. The summed E-state index contributed by atoms with van der Waals surface area (Å²) in [5.74, 6) is -2.36. The lowest BCUT2D eigenvalue weighted by atomic mass is 9.90. The third-order valence-electron chi connectivity index (χ3n) is 4.49. The largest absolute Gasteiger partial charge is 0.399 e. The van der Waals surface area contributed by atoms with E-state index in [1.807, 2.05) is 0 Å². The van der Waals surface area contributed by atoms with E-state index in [9.17, 15) is 22.8 Å². The van der Waals surface area contributed by atoms with E-state index in [1.54, 1.807) is 6.92 Å². The molecule has 1 amide bonds. The highest BCUT2D eigenvalue weighted by atomic mass is 19.3. The van der Waals surface area contributed by atoms with Gasteiger partial charge in [0.25, 0.3) is 17.9 Å². The topological polar surface area (TPSA) is 104 Å². The molecule has 150 valence electrons. The number of carbonyl (C=O) groups is 1. The first-order chi connectivity index (χ1) is 13.7. The van der Waals surface area contributed by atoms with Crippen LogP contribution in [0.1, 0.15) is 46.4 Å². The molecule has 0 unspecified atom stereocenters. The van der Waals surface area contributed by atoms with E-state index >= 15 is 0 Å². The molecule has 6 nitrogen and oxygen atoms in total. The molecule has 3 aromatic rings. The lowest BCUT2D eigenvalue weighted by Gasteiger charge is -2.18. The summed E-state index contributed by atoms with van der Waals surface area (Å²) >= 11 is 0. The van der Waals surface area contributed by atoms with Crippen LogP contribution in [0.2, 0.25) is 0 Å². The van der Waals surface area contributed by atoms with Crippen molar-refractivity contribution in [1.82, 2.24) is 9.78 Å². The second-order valence-electron chi connectivity index (χ2n) is 6.47. The molecule has 2 aromatic carbocycles. The number of carbonyl (C=O) groups excluding carboxylic acids is 1. The van der Waals surface area contributed by atoms with Gasteiger partial charge in [-0.3, -0.25) is 9.59 Å². The number of aromatic nitrogens is 2. The first kappa shape index (κ1) is 20.1. The maximum Gasteiger partial charge on any atom is 0.271 e. The Morgan fingerprint density at radius 3 is 2.38 bits per heavy atom. The van der Waals surface area contributed by atoms with Crippen LogP contribution in [0.15, 0.2) is 53.3 Å². The molecular weight excluding hydrogens is 385 g/mol. The average molecular weight is 402 g/mol. The third-order valence-corrected chi connectivity index (χ3v) is 4.49. The van der Waals surface area contributed by atoms with Gasteiger partial charge in [-0.15, -0.1) is 0 Å². The zero-order chi connectivity index (χ0) is 21.3. The van der Waals surface area contributed by atoms with Crippen molar-refractivity contribution >= 4 is 11.6 Å². The number of hydrogen-bond acceptors (Lipinski definition) is 4. The minimum atomic E-state index is -2.74. The Labute approximate surface area is 163 Å². The summed E-state index contributed by atoms with van der Waals surface area (Å²) in [4.78, 5) is 24.6. The summed E-state index contributed by atoms with van der Waals surface area (Å²) in [6.07, 6.45) is -2.74. The van der Waals surface area contributed by atoms with Gasteiger partial charge in [0.15, 0.2) is 5.69 Å². The van der Waals surface area contributed by atoms with Crippen LogP contribution in [0, 0.1) is 5.82 Å². The zero-order valence-electron chi connectivity index (χ0n) is 15.3. The van der Waals surface area contributed by atoms with Gasteiger partial charge < -0.3 is 11.5 Å². The first-order valence-corrected chi connectivity index (χ1v) is 8.56. The van der Waals surface area contributed by atoms with Gasteiger partial charge in [0.2, 0.25) is 0 Å². The van der Waals surface area contributed by atoms with Crippen molar-refractivity contribution < 1.29 is 18.0 Å². The molecular formula is C20H17F3N4O2. The number of para-hydroxylation sites is 1. The molecule has 29 heavy (non-hydrogen) atoms. The molecule has 0 spiro atoms. The highest BCUT2D eigenvalue weighted by Gasteiger charge is 2.22. The number of primary amides is 1. The predicted octanol–water partition coefficient (Wildman–Crippen LogP) is 3.14. The summed E-state index contributed by atoms with van der Waals surface area (Å²) in [5.41, 5.74) is 10.3. The van der Waals surface area contributed by atoms with E-state index in [4.69, 9.17) is 11.5 Å². The van der Waals surface area contributed by atoms with E-state index in [0.29, 0.717) is 5.56 Å². The number of nitrogens with zero attached hydrogens (tertiary/aromatic N) is 2. The summed E-state index contributed by atoms with van der Waals surface area (Å²) in [6.45, 7) is 1.60. The fourth-order valence-electron chi connectivity index (χ4n) is 3.05.